The predicted molar refractivity (Wildman–Crippen MR) is 95.5 cm³/mol. The number of benzene rings is 1. The van der Waals surface area contributed by atoms with E-state index in [0.717, 1.165) is 12.1 Å². The van der Waals surface area contributed by atoms with Crippen LogP contribution >= 0.6 is 0 Å². The fraction of sp³-hybridized carbons (Fsp3) is 0.368. The Balaban J connectivity index is 1.56. The maximum atomic E-state index is 12.7. The number of anilines is 1. The van der Waals surface area contributed by atoms with Crippen molar-refractivity contribution in [2.45, 2.75) is 12.0 Å². The number of nitrogens with zero attached hydrogens (tertiary/aromatic N) is 3. The molecule has 0 unspecified atom stereocenters. The molecule has 1 aromatic carbocycles. The van der Waals surface area contributed by atoms with Gasteiger partial charge in [0.05, 0.1) is 12.1 Å². The highest BCUT2D eigenvalue weighted by atomic mass is 16.2. The lowest BCUT2D eigenvalue weighted by Crippen LogP contribution is -2.64. The lowest BCUT2D eigenvalue weighted by molar-refractivity contribution is -0.123. The summed E-state index contributed by atoms with van der Waals surface area (Å²) in [4.78, 5) is 34.1. The molecule has 1 aromatic heterocycles. The van der Waals surface area contributed by atoms with Gasteiger partial charge in [-0.05, 0) is 37.7 Å². The molecule has 0 aliphatic carbocycles. The average molecular weight is 338 g/mol. The van der Waals surface area contributed by atoms with Crippen LogP contribution in [0.1, 0.15) is 16.9 Å². The number of likely N-dealkylation sites (tertiary alicyclic amines) is 1. The lowest BCUT2D eigenvalue weighted by Gasteiger charge is -2.46. The van der Waals surface area contributed by atoms with E-state index >= 15 is 0 Å². The number of nitrogens with one attached hydrogen (secondary N) is 1. The van der Waals surface area contributed by atoms with Crippen molar-refractivity contribution in [3.63, 3.8) is 0 Å². The van der Waals surface area contributed by atoms with Gasteiger partial charge in [-0.2, -0.15) is 0 Å². The van der Waals surface area contributed by atoms with E-state index in [0.29, 0.717) is 31.9 Å². The number of likely N-dealkylation sites (N-methyl/N-ethyl adjacent to an activating group) is 1. The van der Waals surface area contributed by atoms with Crippen molar-refractivity contribution in [1.82, 2.24) is 14.8 Å². The Kier molecular flexibility index (Phi) is 3.84. The van der Waals surface area contributed by atoms with Crippen molar-refractivity contribution in [1.29, 1.82) is 0 Å². The Morgan fingerprint density at radius 2 is 1.92 bits per heavy atom. The van der Waals surface area contributed by atoms with E-state index in [2.05, 4.69) is 9.88 Å². The summed E-state index contributed by atoms with van der Waals surface area (Å²) in [6.45, 7) is 2.33. The van der Waals surface area contributed by atoms with Gasteiger partial charge in [0.15, 0.2) is 0 Å². The van der Waals surface area contributed by atoms with E-state index in [9.17, 15) is 9.59 Å². The molecule has 130 valence electrons. The monoisotopic (exact) mass is 338 g/mol. The van der Waals surface area contributed by atoms with Crippen molar-refractivity contribution in [2.75, 3.05) is 38.1 Å². The van der Waals surface area contributed by atoms with Gasteiger partial charge >= 0.3 is 0 Å². The zero-order chi connectivity index (χ0) is 17.4. The van der Waals surface area contributed by atoms with Crippen molar-refractivity contribution < 1.29 is 9.59 Å². The smallest absolute Gasteiger partial charge is 0.270 e. The van der Waals surface area contributed by atoms with Crippen LogP contribution in [-0.4, -0.2) is 65.4 Å². The van der Waals surface area contributed by atoms with Gasteiger partial charge in [0.1, 0.15) is 5.69 Å². The minimum Gasteiger partial charge on any atom is -0.357 e. The quantitative estimate of drug-likeness (QED) is 0.904. The Labute approximate surface area is 147 Å². The number of hydrogen-bond acceptors (Lipinski definition) is 3. The number of aromatic nitrogens is 1. The number of amides is 2. The molecule has 2 aliphatic rings. The molecular weight excluding hydrogens is 316 g/mol. The first kappa shape index (κ1) is 15.9. The Hall–Kier alpha value is -2.60. The first-order chi connectivity index (χ1) is 12.1. The molecule has 1 N–H and O–H groups in total. The maximum absolute atomic E-state index is 12.7. The number of aromatic amines is 1. The minimum absolute atomic E-state index is 0.0263. The van der Waals surface area contributed by atoms with Crippen LogP contribution in [0.5, 0.6) is 0 Å². The van der Waals surface area contributed by atoms with Crippen LogP contribution in [-0.2, 0) is 4.79 Å². The number of carbonyl (C=O) groups is 2. The lowest BCUT2D eigenvalue weighted by atomic mass is 9.92. The van der Waals surface area contributed by atoms with Crippen molar-refractivity contribution in [2.24, 2.45) is 0 Å². The normalized spacial score (nSPS) is 24.3. The van der Waals surface area contributed by atoms with Gasteiger partial charge in [-0.25, -0.2) is 0 Å². The highest BCUT2D eigenvalue weighted by Crippen LogP contribution is 2.33. The molecule has 1 spiro atoms. The molecule has 0 bridgehead atoms. The average Bonchev–Trinajstić information content (AvgIpc) is 3.30. The molecule has 0 saturated carbocycles. The standard InChI is InChI=1S/C19H22N4O2/c1-21-12-17(24)23(15-6-3-2-4-7-15)14-19(21)9-11-22(13-19)18(25)16-8-5-10-20-16/h2-8,10,20H,9,11-14H2,1H3/t19-/m0/s1. The van der Waals surface area contributed by atoms with E-state index in [4.69, 9.17) is 0 Å². The largest absolute Gasteiger partial charge is 0.357 e. The number of para-hydroxylation sites is 1. The van der Waals surface area contributed by atoms with Gasteiger partial charge in [-0.3, -0.25) is 14.5 Å². The van der Waals surface area contributed by atoms with Gasteiger partial charge in [0, 0.05) is 31.5 Å². The van der Waals surface area contributed by atoms with Crippen LogP contribution < -0.4 is 4.90 Å². The van der Waals surface area contributed by atoms with E-state index in [1.165, 1.54) is 0 Å². The second-order valence-corrected chi connectivity index (χ2v) is 6.96. The van der Waals surface area contributed by atoms with Gasteiger partial charge in [-0.1, -0.05) is 18.2 Å². The van der Waals surface area contributed by atoms with Gasteiger partial charge in [-0.15, -0.1) is 0 Å². The molecule has 1 atom stereocenters. The SMILES string of the molecule is CN1CC(=O)N(c2ccccc2)C[C@@]12CCN(C(=O)c1ccc[nH]1)C2. The molecule has 0 radical (unpaired) electrons. The summed E-state index contributed by atoms with van der Waals surface area (Å²) >= 11 is 0. The summed E-state index contributed by atoms with van der Waals surface area (Å²) in [6.07, 6.45) is 2.63. The maximum Gasteiger partial charge on any atom is 0.270 e. The van der Waals surface area contributed by atoms with Crippen molar-refractivity contribution in [3.8, 4) is 0 Å². The van der Waals surface area contributed by atoms with Crippen LogP contribution in [0.2, 0.25) is 0 Å². The number of carbonyl (C=O) groups excluding carboxylic acids is 2. The summed E-state index contributed by atoms with van der Waals surface area (Å²) in [5.74, 6) is 0.131. The number of H-pyrrole nitrogens is 1. The van der Waals surface area contributed by atoms with E-state index in [1.54, 1.807) is 12.3 Å². The summed E-state index contributed by atoms with van der Waals surface area (Å²) in [6, 6.07) is 13.4. The van der Waals surface area contributed by atoms with Crippen LogP contribution in [0.15, 0.2) is 48.7 Å². The molecule has 2 amide bonds. The summed E-state index contributed by atoms with van der Waals surface area (Å²) < 4.78 is 0. The fourth-order valence-electron chi connectivity index (χ4n) is 3.91. The second kappa shape index (κ2) is 6.04. The number of hydrogen-bond donors (Lipinski definition) is 1. The minimum atomic E-state index is -0.188. The molecule has 6 heteroatoms. The Morgan fingerprint density at radius 3 is 2.64 bits per heavy atom. The van der Waals surface area contributed by atoms with E-state index < -0.39 is 0 Å². The number of piperazine rings is 1. The van der Waals surface area contributed by atoms with Crippen LogP contribution in [0.4, 0.5) is 5.69 Å². The van der Waals surface area contributed by atoms with E-state index in [-0.39, 0.29) is 17.4 Å². The molecular formula is C19H22N4O2. The predicted octanol–water partition coefficient (Wildman–Crippen LogP) is 1.58. The van der Waals surface area contributed by atoms with Crippen LogP contribution in [0.25, 0.3) is 0 Å². The van der Waals surface area contributed by atoms with Crippen LogP contribution in [0, 0.1) is 0 Å². The third-order valence-corrected chi connectivity index (χ3v) is 5.45. The first-order valence-electron chi connectivity index (χ1n) is 8.58. The van der Waals surface area contributed by atoms with Gasteiger partial charge in [0.2, 0.25) is 5.91 Å². The first-order valence-corrected chi connectivity index (χ1v) is 8.58. The molecule has 4 rings (SSSR count). The molecule has 2 saturated heterocycles. The zero-order valence-corrected chi connectivity index (χ0v) is 14.3. The highest BCUT2D eigenvalue weighted by Gasteiger charge is 2.48. The zero-order valence-electron chi connectivity index (χ0n) is 14.3. The molecule has 2 fully saturated rings. The molecule has 2 aliphatic heterocycles. The summed E-state index contributed by atoms with van der Waals surface area (Å²) in [5, 5.41) is 0. The number of rotatable bonds is 2. The van der Waals surface area contributed by atoms with E-state index in [1.807, 2.05) is 53.2 Å². The third-order valence-electron chi connectivity index (χ3n) is 5.45. The Bertz CT molecular complexity index is 774. The Morgan fingerprint density at radius 1 is 1.12 bits per heavy atom. The molecule has 25 heavy (non-hydrogen) atoms. The summed E-state index contributed by atoms with van der Waals surface area (Å²) in [5.41, 5.74) is 1.35. The highest BCUT2D eigenvalue weighted by molar-refractivity contribution is 5.96. The summed E-state index contributed by atoms with van der Waals surface area (Å²) in [7, 11) is 1.99. The third kappa shape index (κ3) is 2.72. The van der Waals surface area contributed by atoms with Gasteiger partial charge in [0.25, 0.3) is 5.91 Å². The topological polar surface area (TPSA) is 59.7 Å². The molecule has 3 heterocycles. The molecule has 2 aromatic rings. The van der Waals surface area contributed by atoms with Crippen LogP contribution in [0.3, 0.4) is 0 Å². The fourth-order valence-corrected chi connectivity index (χ4v) is 3.91. The van der Waals surface area contributed by atoms with Gasteiger partial charge < -0.3 is 14.8 Å². The van der Waals surface area contributed by atoms with Crippen molar-refractivity contribution >= 4 is 17.5 Å². The second-order valence-electron chi connectivity index (χ2n) is 6.96. The molecule has 6 nitrogen and oxygen atoms in total. The van der Waals surface area contributed by atoms with Crippen molar-refractivity contribution in [3.05, 3.63) is 54.4 Å².